The monoisotopic (exact) mass is 295 g/mol. The third-order valence-electron chi connectivity index (χ3n) is 5.30. The number of nitrogens with one attached hydrogen (secondary N) is 1. The standard InChI is InChI=1S/C18H21N3O/c1-22-13-4-5-14-15-7-10-21-9-2-3-12(6-8-19)18(21)17(15)20-16(14)11-13/h4-5,11-12,18,20H,2-3,6-7,9-10H2,1H3/t12-,18-/m0/s1. The first-order valence-electron chi connectivity index (χ1n) is 8.11. The molecule has 4 nitrogen and oxygen atoms in total. The Morgan fingerprint density at radius 3 is 3.14 bits per heavy atom. The number of fused-ring (bicyclic) bond motifs is 5. The molecule has 2 atom stereocenters. The normalized spacial score (nSPS) is 24.5. The number of hydrogen-bond donors (Lipinski definition) is 1. The molecule has 0 bridgehead atoms. The summed E-state index contributed by atoms with van der Waals surface area (Å²) >= 11 is 0. The molecule has 0 saturated carbocycles. The lowest BCUT2D eigenvalue weighted by Gasteiger charge is -2.43. The molecule has 0 amide bonds. The number of aromatic nitrogens is 1. The molecule has 1 aromatic heterocycles. The van der Waals surface area contributed by atoms with E-state index in [9.17, 15) is 0 Å². The van der Waals surface area contributed by atoms with Crippen LogP contribution in [0.15, 0.2) is 18.2 Å². The Morgan fingerprint density at radius 2 is 2.32 bits per heavy atom. The molecule has 1 N–H and O–H groups in total. The third kappa shape index (κ3) is 2.00. The van der Waals surface area contributed by atoms with Crippen molar-refractivity contribution in [2.75, 3.05) is 20.2 Å². The van der Waals surface area contributed by atoms with Crippen LogP contribution >= 0.6 is 0 Å². The molecule has 3 heterocycles. The number of benzene rings is 1. The number of hydrogen-bond acceptors (Lipinski definition) is 3. The van der Waals surface area contributed by atoms with Crippen LogP contribution < -0.4 is 4.74 Å². The van der Waals surface area contributed by atoms with Gasteiger partial charge in [-0.2, -0.15) is 5.26 Å². The van der Waals surface area contributed by atoms with Crippen molar-refractivity contribution in [3.05, 3.63) is 29.5 Å². The van der Waals surface area contributed by atoms with Crippen LogP contribution in [-0.2, 0) is 6.42 Å². The van der Waals surface area contributed by atoms with E-state index in [1.807, 2.05) is 6.07 Å². The van der Waals surface area contributed by atoms with E-state index in [0.29, 0.717) is 18.4 Å². The van der Waals surface area contributed by atoms with Crippen molar-refractivity contribution in [1.29, 1.82) is 5.26 Å². The molecule has 2 aromatic rings. The van der Waals surface area contributed by atoms with Gasteiger partial charge in [-0.3, -0.25) is 4.90 Å². The van der Waals surface area contributed by atoms with Gasteiger partial charge in [0.05, 0.1) is 19.2 Å². The zero-order valence-corrected chi connectivity index (χ0v) is 12.9. The molecule has 0 spiro atoms. The summed E-state index contributed by atoms with van der Waals surface area (Å²) in [4.78, 5) is 6.22. The van der Waals surface area contributed by atoms with E-state index >= 15 is 0 Å². The van der Waals surface area contributed by atoms with E-state index in [-0.39, 0.29) is 0 Å². The van der Waals surface area contributed by atoms with Gasteiger partial charge in [0.15, 0.2) is 0 Å². The number of nitriles is 1. The average molecular weight is 295 g/mol. The lowest BCUT2D eigenvalue weighted by atomic mass is 9.81. The van der Waals surface area contributed by atoms with Gasteiger partial charge in [-0.15, -0.1) is 0 Å². The predicted octanol–water partition coefficient (Wildman–Crippen LogP) is 3.40. The molecule has 1 aromatic carbocycles. The Kier molecular flexibility index (Phi) is 3.31. The highest BCUT2D eigenvalue weighted by molar-refractivity contribution is 5.86. The molecule has 1 saturated heterocycles. The van der Waals surface area contributed by atoms with Crippen molar-refractivity contribution in [3.63, 3.8) is 0 Å². The number of aromatic amines is 1. The van der Waals surface area contributed by atoms with Gasteiger partial charge in [0.1, 0.15) is 5.75 Å². The first kappa shape index (κ1) is 13.7. The zero-order valence-electron chi connectivity index (χ0n) is 12.9. The summed E-state index contributed by atoms with van der Waals surface area (Å²) in [6.45, 7) is 2.27. The minimum absolute atomic E-state index is 0.385. The summed E-state index contributed by atoms with van der Waals surface area (Å²) in [5.41, 5.74) is 3.95. The summed E-state index contributed by atoms with van der Waals surface area (Å²) < 4.78 is 5.35. The van der Waals surface area contributed by atoms with E-state index in [1.54, 1.807) is 7.11 Å². The smallest absolute Gasteiger partial charge is 0.120 e. The first-order chi connectivity index (χ1) is 10.8. The second-order valence-corrected chi connectivity index (χ2v) is 6.42. The van der Waals surface area contributed by atoms with E-state index in [0.717, 1.165) is 37.2 Å². The summed E-state index contributed by atoms with van der Waals surface area (Å²) in [5, 5.41) is 10.5. The molecular weight excluding hydrogens is 274 g/mol. The number of nitrogens with zero attached hydrogens (tertiary/aromatic N) is 2. The molecule has 2 aliphatic heterocycles. The summed E-state index contributed by atoms with van der Waals surface area (Å²) in [6, 6.07) is 9.07. The Morgan fingerprint density at radius 1 is 1.41 bits per heavy atom. The predicted molar refractivity (Wildman–Crippen MR) is 85.8 cm³/mol. The van der Waals surface area contributed by atoms with Crippen LogP contribution in [0.5, 0.6) is 5.75 Å². The lowest BCUT2D eigenvalue weighted by Crippen LogP contribution is -2.43. The molecule has 0 unspecified atom stereocenters. The van der Waals surface area contributed by atoms with Crippen molar-refractivity contribution >= 4 is 10.9 Å². The van der Waals surface area contributed by atoms with Crippen molar-refractivity contribution in [2.45, 2.75) is 31.7 Å². The van der Waals surface area contributed by atoms with Crippen LogP contribution in [0.3, 0.4) is 0 Å². The highest BCUT2D eigenvalue weighted by Crippen LogP contribution is 2.43. The fraction of sp³-hybridized carbons (Fsp3) is 0.500. The maximum Gasteiger partial charge on any atom is 0.120 e. The molecule has 1 fully saturated rings. The fourth-order valence-corrected chi connectivity index (χ4v) is 4.31. The van der Waals surface area contributed by atoms with Crippen molar-refractivity contribution in [2.24, 2.45) is 5.92 Å². The Balaban J connectivity index is 1.83. The van der Waals surface area contributed by atoms with Crippen LogP contribution in [-0.4, -0.2) is 30.1 Å². The molecule has 4 heteroatoms. The van der Waals surface area contributed by atoms with Gasteiger partial charge in [-0.25, -0.2) is 0 Å². The number of methoxy groups -OCH3 is 1. The topological polar surface area (TPSA) is 52.1 Å². The number of piperidine rings is 1. The largest absolute Gasteiger partial charge is 0.497 e. The van der Waals surface area contributed by atoms with Gasteiger partial charge in [0.25, 0.3) is 0 Å². The van der Waals surface area contributed by atoms with Crippen LogP contribution in [0.25, 0.3) is 10.9 Å². The van der Waals surface area contributed by atoms with Crippen molar-refractivity contribution < 1.29 is 4.74 Å². The van der Waals surface area contributed by atoms with Crippen LogP contribution in [0, 0.1) is 17.2 Å². The first-order valence-corrected chi connectivity index (χ1v) is 8.11. The summed E-state index contributed by atoms with van der Waals surface area (Å²) in [7, 11) is 1.70. The van der Waals surface area contributed by atoms with Gasteiger partial charge in [0, 0.05) is 35.6 Å². The Labute approximate surface area is 130 Å². The average Bonchev–Trinajstić information content (AvgIpc) is 2.92. The molecule has 0 aliphatic carbocycles. The lowest BCUT2D eigenvalue weighted by molar-refractivity contribution is 0.0829. The molecular formula is C18H21N3O. The summed E-state index contributed by atoms with van der Waals surface area (Å²) in [6.07, 6.45) is 4.12. The SMILES string of the molecule is COc1ccc2c3c([nH]c2c1)[C@@H]1[C@H](CC#N)CCCN1CC3. The van der Waals surface area contributed by atoms with E-state index in [4.69, 9.17) is 10.00 Å². The van der Waals surface area contributed by atoms with Gasteiger partial charge >= 0.3 is 0 Å². The van der Waals surface area contributed by atoms with Gasteiger partial charge in [0.2, 0.25) is 0 Å². The number of H-pyrrole nitrogens is 1. The Bertz CT molecular complexity index is 743. The second kappa shape index (κ2) is 5.33. The molecule has 114 valence electrons. The van der Waals surface area contributed by atoms with Crippen LogP contribution in [0.4, 0.5) is 0 Å². The summed E-state index contributed by atoms with van der Waals surface area (Å²) in [5.74, 6) is 1.34. The Hall–Kier alpha value is -1.99. The number of rotatable bonds is 2. The van der Waals surface area contributed by atoms with Gasteiger partial charge in [-0.05, 0) is 49.4 Å². The van der Waals surface area contributed by atoms with Gasteiger partial charge in [-0.1, -0.05) is 0 Å². The highest BCUT2D eigenvalue weighted by atomic mass is 16.5. The third-order valence-corrected chi connectivity index (χ3v) is 5.30. The van der Waals surface area contributed by atoms with E-state index in [1.165, 1.54) is 23.1 Å². The minimum atomic E-state index is 0.385. The molecule has 22 heavy (non-hydrogen) atoms. The highest BCUT2D eigenvalue weighted by Gasteiger charge is 2.37. The van der Waals surface area contributed by atoms with Crippen LogP contribution in [0.2, 0.25) is 0 Å². The maximum atomic E-state index is 9.17. The van der Waals surface area contributed by atoms with E-state index in [2.05, 4.69) is 28.1 Å². The quantitative estimate of drug-likeness (QED) is 0.924. The minimum Gasteiger partial charge on any atom is -0.497 e. The van der Waals surface area contributed by atoms with E-state index < -0.39 is 0 Å². The second-order valence-electron chi connectivity index (χ2n) is 6.42. The maximum absolute atomic E-state index is 9.17. The molecule has 4 rings (SSSR count). The van der Waals surface area contributed by atoms with Gasteiger partial charge < -0.3 is 9.72 Å². The van der Waals surface area contributed by atoms with Crippen LogP contribution in [0.1, 0.15) is 36.6 Å². The molecule has 2 aliphatic rings. The fourth-order valence-electron chi connectivity index (χ4n) is 4.31. The number of ether oxygens (including phenoxy) is 1. The molecule has 0 radical (unpaired) electrons. The van der Waals surface area contributed by atoms with Crippen molar-refractivity contribution in [1.82, 2.24) is 9.88 Å². The zero-order chi connectivity index (χ0) is 15.1. The van der Waals surface area contributed by atoms with Crippen molar-refractivity contribution in [3.8, 4) is 11.8 Å².